The molecule has 0 spiro atoms. The summed E-state index contributed by atoms with van der Waals surface area (Å²) in [5, 5.41) is 9.04. The first-order valence-corrected chi connectivity index (χ1v) is 9.86. The maximum Gasteiger partial charge on any atom is 0.245 e. The minimum Gasteiger partial charge on any atom is -0.375 e. The van der Waals surface area contributed by atoms with Crippen LogP contribution in [0.25, 0.3) is 0 Å². The van der Waals surface area contributed by atoms with E-state index in [0.717, 1.165) is 31.0 Å². The summed E-state index contributed by atoms with van der Waals surface area (Å²) in [4.78, 5) is 19.0. The average molecular weight is 395 g/mol. The maximum absolute atomic E-state index is 12.1. The zero-order valence-corrected chi connectivity index (χ0v) is 16.4. The monoisotopic (exact) mass is 394 g/mol. The van der Waals surface area contributed by atoms with Crippen molar-refractivity contribution >= 4 is 39.7 Å². The number of hydrogen-bond donors (Lipinski definition) is 2. The number of rotatable bonds is 6. The van der Waals surface area contributed by atoms with Crippen LogP contribution in [0.2, 0.25) is 5.02 Å². The molecule has 0 bridgehead atoms. The van der Waals surface area contributed by atoms with Gasteiger partial charge in [0.25, 0.3) is 0 Å². The summed E-state index contributed by atoms with van der Waals surface area (Å²) in [6.45, 7) is 6.86. The fraction of sp³-hybridized carbons (Fsp3) is 0.444. The summed E-state index contributed by atoms with van der Waals surface area (Å²) < 4.78 is 5.75. The number of anilines is 2. The van der Waals surface area contributed by atoms with Crippen molar-refractivity contribution in [1.82, 2.24) is 9.88 Å². The zero-order valence-electron chi connectivity index (χ0n) is 14.9. The molecule has 0 saturated carbocycles. The number of ether oxygens (including phenoxy) is 1. The fourth-order valence-electron chi connectivity index (χ4n) is 3.02. The Morgan fingerprint density at radius 3 is 2.81 bits per heavy atom. The first-order valence-electron chi connectivity index (χ1n) is 8.60. The average Bonchev–Trinajstić information content (AvgIpc) is 3.00. The molecule has 1 aromatic heterocycles. The van der Waals surface area contributed by atoms with Crippen LogP contribution in [0.15, 0.2) is 29.6 Å². The summed E-state index contributed by atoms with van der Waals surface area (Å²) in [6, 6.07) is 7.33. The van der Waals surface area contributed by atoms with Gasteiger partial charge in [-0.15, -0.1) is 11.3 Å². The van der Waals surface area contributed by atoms with Crippen LogP contribution in [0.3, 0.4) is 0 Å². The second-order valence-corrected chi connectivity index (χ2v) is 7.74. The molecule has 3 rings (SSSR count). The van der Waals surface area contributed by atoms with Crippen LogP contribution in [0, 0.1) is 0 Å². The fourth-order valence-corrected chi connectivity index (χ4v) is 3.94. The van der Waals surface area contributed by atoms with Gasteiger partial charge in [0, 0.05) is 25.0 Å². The lowest BCUT2D eigenvalue weighted by atomic mass is 10.2. The number of carbonyl (C=O) groups is 1. The van der Waals surface area contributed by atoms with Gasteiger partial charge in [-0.05, 0) is 26.0 Å². The van der Waals surface area contributed by atoms with Crippen molar-refractivity contribution < 1.29 is 9.53 Å². The van der Waals surface area contributed by atoms with Crippen molar-refractivity contribution in [3.05, 3.63) is 40.4 Å². The van der Waals surface area contributed by atoms with E-state index in [0.29, 0.717) is 10.2 Å². The SMILES string of the molecule is CC1CN(Cc2csc(NC(=O)CNc3ccccc3Cl)n2)CC(C)O1. The molecule has 0 radical (unpaired) electrons. The molecular weight excluding hydrogens is 372 g/mol. The summed E-state index contributed by atoms with van der Waals surface area (Å²) in [5.41, 5.74) is 1.70. The van der Waals surface area contributed by atoms with E-state index in [1.165, 1.54) is 11.3 Å². The number of hydrogen-bond acceptors (Lipinski definition) is 6. The molecule has 1 fully saturated rings. The van der Waals surface area contributed by atoms with Gasteiger partial charge in [-0.3, -0.25) is 9.69 Å². The molecule has 2 aromatic rings. The Hall–Kier alpha value is -1.67. The predicted molar refractivity (Wildman–Crippen MR) is 106 cm³/mol. The van der Waals surface area contributed by atoms with Gasteiger partial charge < -0.3 is 15.4 Å². The van der Waals surface area contributed by atoms with E-state index in [1.807, 2.05) is 23.6 Å². The highest BCUT2D eigenvalue weighted by molar-refractivity contribution is 7.13. The van der Waals surface area contributed by atoms with Gasteiger partial charge in [0.05, 0.1) is 35.2 Å². The van der Waals surface area contributed by atoms with Crippen LogP contribution >= 0.6 is 22.9 Å². The van der Waals surface area contributed by atoms with Gasteiger partial charge in [0.1, 0.15) is 0 Å². The summed E-state index contributed by atoms with van der Waals surface area (Å²) >= 11 is 7.50. The number of halogens is 1. The summed E-state index contributed by atoms with van der Waals surface area (Å²) in [6.07, 6.45) is 0.458. The topological polar surface area (TPSA) is 66.5 Å². The maximum atomic E-state index is 12.1. The van der Waals surface area contributed by atoms with E-state index in [2.05, 4.69) is 34.4 Å². The molecule has 2 unspecified atom stereocenters. The number of carbonyl (C=O) groups excluding carboxylic acids is 1. The van der Waals surface area contributed by atoms with Gasteiger partial charge in [0.15, 0.2) is 5.13 Å². The van der Waals surface area contributed by atoms with Gasteiger partial charge in [-0.2, -0.15) is 0 Å². The van der Waals surface area contributed by atoms with E-state index in [1.54, 1.807) is 6.07 Å². The molecule has 0 aliphatic carbocycles. The minimum absolute atomic E-state index is 0.136. The number of para-hydroxylation sites is 1. The number of benzene rings is 1. The Morgan fingerprint density at radius 1 is 1.35 bits per heavy atom. The molecule has 26 heavy (non-hydrogen) atoms. The molecule has 2 N–H and O–H groups in total. The van der Waals surface area contributed by atoms with E-state index in [4.69, 9.17) is 16.3 Å². The number of nitrogens with zero attached hydrogens (tertiary/aromatic N) is 2. The lowest BCUT2D eigenvalue weighted by molar-refractivity contribution is -0.114. The van der Waals surface area contributed by atoms with Gasteiger partial charge in [-0.1, -0.05) is 23.7 Å². The van der Waals surface area contributed by atoms with Gasteiger partial charge in [-0.25, -0.2) is 4.98 Å². The van der Waals surface area contributed by atoms with Crippen LogP contribution in [0.4, 0.5) is 10.8 Å². The first-order chi connectivity index (χ1) is 12.5. The third kappa shape index (κ3) is 5.41. The number of morpholine rings is 1. The Bertz CT molecular complexity index is 744. The Labute approximate surface area is 162 Å². The highest BCUT2D eigenvalue weighted by Gasteiger charge is 2.22. The molecule has 1 aliphatic heterocycles. The van der Waals surface area contributed by atoms with Gasteiger partial charge in [0.2, 0.25) is 5.91 Å². The summed E-state index contributed by atoms with van der Waals surface area (Å²) in [7, 11) is 0. The number of aromatic nitrogens is 1. The lowest BCUT2D eigenvalue weighted by Crippen LogP contribution is -2.44. The van der Waals surface area contributed by atoms with E-state index in [9.17, 15) is 4.79 Å². The highest BCUT2D eigenvalue weighted by Crippen LogP contribution is 2.21. The van der Waals surface area contributed by atoms with Crippen LogP contribution in [0.1, 0.15) is 19.5 Å². The molecule has 140 valence electrons. The van der Waals surface area contributed by atoms with Crippen molar-refractivity contribution in [1.29, 1.82) is 0 Å². The predicted octanol–water partition coefficient (Wildman–Crippen LogP) is 3.46. The van der Waals surface area contributed by atoms with E-state index >= 15 is 0 Å². The molecule has 1 aromatic carbocycles. The quantitative estimate of drug-likeness (QED) is 0.785. The number of thiazole rings is 1. The smallest absolute Gasteiger partial charge is 0.245 e. The standard InChI is InChI=1S/C18H23ClN4O2S/c1-12-8-23(9-13(2)25-12)10-14-11-26-18(21-14)22-17(24)7-20-16-6-4-3-5-15(16)19/h3-6,11-13,20H,7-10H2,1-2H3,(H,21,22,24). The van der Waals surface area contributed by atoms with Crippen molar-refractivity contribution in [2.75, 3.05) is 30.3 Å². The summed E-state index contributed by atoms with van der Waals surface area (Å²) in [5.74, 6) is -0.153. The number of amides is 1. The van der Waals surface area contributed by atoms with Crippen LogP contribution in [-0.4, -0.2) is 47.6 Å². The highest BCUT2D eigenvalue weighted by atomic mass is 35.5. The molecule has 8 heteroatoms. The van der Waals surface area contributed by atoms with E-state index < -0.39 is 0 Å². The van der Waals surface area contributed by atoms with Crippen molar-refractivity contribution in [3.8, 4) is 0 Å². The Balaban J connectivity index is 1.48. The van der Waals surface area contributed by atoms with Crippen LogP contribution in [0.5, 0.6) is 0 Å². The Kier molecular flexibility index (Phi) is 6.48. The molecule has 2 heterocycles. The molecule has 1 saturated heterocycles. The first kappa shape index (κ1) is 19.1. The second kappa shape index (κ2) is 8.81. The van der Waals surface area contributed by atoms with E-state index in [-0.39, 0.29) is 24.7 Å². The molecule has 1 aliphatic rings. The van der Waals surface area contributed by atoms with Gasteiger partial charge >= 0.3 is 0 Å². The van der Waals surface area contributed by atoms with Crippen LogP contribution in [-0.2, 0) is 16.1 Å². The molecule has 1 amide bonds. The zero-order chi connectivity index (χ0) is 18.5. The molecule has 2 atom stereocenters. The Morgan fingerprint density at radius 2 is 2.08 bits per heavy atom. The third-order valence-corrected chi connectivity index (χ3v) is 5.13. The minimum atomic E-state index is -0.153. The lowest BCUT2D eigenvalue weighted by Gasteiger charge is -2.34. The van der Waals surface area contributed by atoms with Crippen molar-refractivity contribution in [3.63, 3.8) is 0 Å². The normalized spacial score (nSPS) is 20.7. The molecule has 6 nitrogen and oxygen atoms in total. The van der Waals surface area contributed by atoms with Crippen LogP contribution < -0.4 is 10.6 Å². The largest absolute Gasteiger partial charge is 0.375 e. The van der Waals surface area contributed by atoms with Crippen molar-refractivity contribution in [2.24, 2.45) is 0 Å². The van der Waals surface area contributed by atoms with Crippen molar-refractivity contribution in [2.45, 2.75) is 32.6 Å². The second-order valence-electron chi connectivity index (χ2n) is 6.48. The molecular formula is C18H23ClN4O2S. The third-order valence-electron chi connectivity index (χ3n) is 3.99. The number of nitrogens with one attached hydrogen (secondary N) is 2.